The molecule has 8 heteroatoms. The third-order valence-corrected chi connectivity index (χ3v) is 7.01. The number of likely N-dealkylation sites (tertiary alicyclic amines) is 1. The van der Waals surface area contributed by atoms with Gasteiger partial charge in [-0.2, -0.15) is 0 Å². The number of hydrogen-bond acceptors (Lipinski definition) is 4. The zero-order valence-corrected chi connectivity index (χ0v) is 20.1. The third kappa shape index (κ3) is 5.01. The number of carbonyl (C=O) groups is 1. The Labute approximate surface area is 203 Å². The smallest absolute Gasteiger partial charge is 0.251 e. The molecule has 1 amide bonds. The lowest BCUT2D eigenvalue weighted by Gasteiger charge is -2.19. The summed E-state index contributed by atoms with van der Waals surface area (Å²) >= 11 is 18.5. The molecule has 2 heterocycles. The van der Waals surface area contributed by atoms with Crippen molar-refractivity contribution in [2.75, 3.05) is 44.8 Å². The predicted octanol–water partition coefficient (Wildman–Crippen LogP) is 5.73. The highest BCUT2D eigenvalue weighted by molar-refractivity contribution is 6.44. The van der Waals surface area contributed by atoms with E-state index in [-0.39, 0.29) is 5.91 Å². The molecule has 0 saturated carbocycles. The number of anilines is 1. The van der Waals surface area contributed by atoms with Gasteiger partial charge in [-0.3, -0.25) is 9.69 Å². The van der Waals surface area contributed by atoms with Gasteiger partial charge in [-0.25, -0.2) is 0 Å². The Morgan fingerprint density at radius 1 is 1.06 bits per heavy atom. The molecule has 0 aliphatic carbocycles. The second-order valence-corrected chi connectivity index (χ2v) is 9.05. The summed E-state index contributed by atoms with van der Waals surface area (Å²) < 4.78 is 11.6. The van der Waals surface area contributed by atoms with Gasteiger partial charge >= 0.3 is 0 Å². The molecule has 0 atom stereocenters. The normalized spacial score (nSPS) is 16.1. The summed E-state index contributed by atoms with van der Waals surface area (Å²) in [4.78, 5) is 17.1. The minimum absolute atomic E-state index is 0.163. The quantitative estimate of drug-likeness (QED) is 0.363. The third-order valence-electron chi connectivity index (χ3n) is 5.86. The van der Waals surface area contributed by atoms with E-state index in [1.807, 2.05) is 12.1 Å². The Hall–Kier alpha value is -1.92. The number of rotatable bonds is 7. The van der Waals surface area contributed by atoms with Crippen LogP contribution in [0.3, 0.4) is 0 Å². The van der Waals surface area contributed by atoms with Crippen molar-refractivity contribution in [2.45, 2.75) is 19.3 Å². The summed E-state index contributed by atoms with van der Waals surface area (Å²) in [7, 11) is 1.63. The largest absolute Gasteiger partial charge is 0.493 e. The van der Waals surface area contributed by atoms with Crippen molar-refractivity contribution in [1.29, 1.82) is 0 Å². The molecule has 32 heavy (non-hydrogen) atoms. The van der Waals surface area contributed by atoms with E-state index >= 15 is 0 Å². The van der Waals surface area contributed by atoms with E-state index in [0.29, 0.717) is 45.3 Å². The van der Waals surface area contributed by atoms with Crippen LogP contribution < -0.4 is 14.4 Å². The highest BCUT2D eigenvalue weighted by atomic mass is 35.5. The number of ether oxygens (including phenoxy) is 2. The molecule has 2 aromatic rings. The number of amides is 1. The number of nitrogens with zero attached hydrogens (tertiary/aromatic N) is 2. The Bertz CT molecular complexity index is 1040. The zero-order valence-electron chi connectivity index (χ0n) is 17.9. The highest BCUT2D eigenvalue weighted by Gasteiger charge is 2.26. The molecule has 5 nitrogen and oxygen atoms in total. The van der Waals surface area contributed by atoms with Gasteiger partial charge in [0.1, 0.15) is 6.61 Å². The molecule has 0 unspecified atom stereocenters. The first-order valence-electron chi connectivity index (χ1n) is 10.7. The molecule has 0 bridgehead atoms. The summed E-state index contributed by atoms with van der Waals surface area (Å²) in [5.41, 5.74) is 2.41. The Kier molecular flexibility index (Phi) is 7.51. The van der Waals surface area contributed by atoms with Gasteiger partial charge in [-0.15, -0.1) is 0 Å². The topological polar surface area (TPSA) is 42.0 Å². The summed E-state index contributed by atoms with van der Waals surface area (Å²) in [6, 6.07) is 7.14. The maximum atomic E-state index is 13.0. The highest BCUT2D eigenvalue weighted by Crippen LogP contribution is 2.39. The fourth-order valence-electron chi connectivity index (χ4n) is 4.13. The fourth-order valence-corrected chi connectivity index (χ4v) is 4.79. The first kappa shape index (κ1) is 23.2. The molecule has 4 rings (SSSR count). The molecule has 2 aromatic carbocycles. The van der Waals surface area contributed by atoms with Crippen LogP contribution in [0.15, 0.2) is 30.3 Å². The molecular weight excluding hydrogens is 471 g/mol. The van der Waals surface area contributed by atoms with Gasteiger partial charge in [0.05, 0.1) is 22.8 Å². The monoisotopic (exact) mass is 494 g/mol. The zero-order chi connectivity index (χ0) is 22.7. The first-order chi connectivity index (χ1) is 15.5. The molecular formula is C24H25Cl3N2O3. The molecule has 2 aliphatic heterocycles. The molecule has 2 aliphatic rings. The van der Waals surface area contributed by atoms with Gasteiger partial charge < -0.3 is 14.4 Å². The number of fused-ring (bicyclic) bond motifs is 1. The molecule has 0 N–H and O–H groups in total. The van der Waals surface area contributed by atoms with Crippen molar-refractivity contribution in [3.05, 3.63) is 56.5 Å². The van der Waals surface area contributed by atoms with Crippen LogP contribution in [0, 0.1) is 0 Å². The molecule has 0 spiro atoms. The Balaban J connectivity index is 1.50. The van der Waals surface area contributed by atoms with Gasteiger partial charge in [0.15, 0.2) is 11.5 Å². The van der Waals surface area contributed by atoms with Crippen LogP contribution in [0.2, 0.25) is 15.1 Å². The number of hydrogen-bond donors (Lipinski definition) is 0. The lowest BCUT2D eigenvalue weighted by atomic mass is 10.1. The van der Waals surface area contributed by atoms with Crippen molar-refractivity contribution in [3.8, 4) is 11.5 Å². The van der Waals surface area contributed by atoms with E-state index in [1.54, 1.807) is 30.2 Å². The van der Waals surface area contributed by atoms with Crippen LogP contribution in [0.1, 0.15) is 24.0 Å². The minimum Gasteiger partial charge on any atom is -0.493 e. The second kappa shape index (κ2) is 10.3. The minimum atomic E-state index is -0.163. The first-order valence-corrected chi connectivity index (χ1v) is 11.8. The molecule has 0 aromatic heterocycles. The lowest BCUT2D eigenvalue weighted by Crippen LogP contribution is -2.27. The standard InChI is InChI=1S/C24H25Cl3N2O3/c1-31-21-14-16-8-11-29(20(16)15-22(21)32-13-12-28-9-2-3-10-28)23(30)7-4-17-18(25)5-6-19(26)24(17)27/h4-7,14-15H,2-3,8-13H2,1H3/b7-4+. The van der Waals surface area contributed by atoms with Crippen molar-refractivity contribution in [1.82, 2.24) is 4.90 Å². The van der Waals surface area contributed by atoms with Crippen LogP contribution in [0.5, 0.6) is 11.5 Å². The van der Waals surface area contributed by atoms with Crippen molar-refractivity contribution in [2.24, 2.45) is 0 Å². The van der Waals surface area contributed by atoms with E-state index in [9.17, 15) is 4.79 Å². The Morgan fingerprint density at radius 2 is 1.81 bits per heavy atom. The van der Waals surface area contributed by atoms with Gasteiger partial charge in [0, 0.05) is 35.8 Å². The van der Waals surface area contributed by atoms with E-state index in [0.717, 1.165) is 37.3 Å². The Morgan fingerprint density at radius 3 is 2.56 bits per heavy atom. The predicted molar refractivity (Wildman–Crippen MR) is 131 cm³/mol. The van der Waals surface area contributed by atoms with E-state index in [2.05, 4.69) is 4.90 Å². The van der Waals surface area contributed by atoms with Crippen LogP contribution in [-0.4, -0.2) is 50.7 Å². The lowest BCUT2D eigenvalue weighted by molar-refractivity contribution is -0.114. The van der Waals surface area contributed by atoms with Gasteiger partial charge in [0.25, 0.3) is 5.91 Å². The molecule has 170 valence electrons. The van der Waals surface area contributed by atoms with Crippen LogP contribution in [-0.2, 0) is 11.2 Å². The second-order valence-electron chi connectivity index (χ2n) is 7.86. The summed E-state index contributed by atoms with van der Waals surface area (Å²) in [6.07, 6.45) is 6.32. The van der Waals surface area contributed by atoms with E-state index < -0.39 is 0 Å². The SMILES string of the molecule is COc1cc2c(cc1OCCN1CCCC1)N(C(=O)/C=C/c1c(Cl)ccc(Cl)c1Cl)CC2. The fraction of sp³-hybridized carbons (Fsp3) is 0.375. The van der Waals surface area contributed by atoms with E-state index in [4.69, 9.17) is 44.3 Å². The van der Waals surface area contributed by atoms with Crippen molar-refractivity contribution in [3.63, 3.8) is 0 Å². The van der Waals surface area contributed by atoms with Crippen molar-refractivity contribution < 1.29 is 14.3 Å². The summed E-state index contributed by atoms with van der Waals surface area (Å²) in [5, 5.41) is 1.14. The van der Waals surface area contributed by atoms with Crippen molar-refractivity contribution >= 4 is 52.5 Å². The maximum Gasteiger partial charge on any atom is 0.251 e. The number of benzene rings is 2. The number of carbonyl (C=O) groups excluding carboxylic acids is 1. The van der Waals surface area contributed by atoms with E-state index in [1.165, 1.54) is 18.9 Å². The number of halogens is 3. The average molecular weight is 496 g/mol. The van der Waals surface area contributed by atoms with Gasteiger partial charge in [-0.1, -0.05) is 34.8 Å². The van der Waals surface area contributed by atoms with Gasteiger partial charge in [0.2, 0.25) is 0 Å². The van der Waals surface area contributed by atoms with Crippen LogP contribution >= 0.6 is 34.8 Å². The molecule has 1 saturated heterocycles. The van der Waals surface area contributed by atoms with Crippen LogP contribution in [0.4, 0.5) is 5.69 Å². The maximum absolute atomic E-state index is 13.0. The molecule has 1 fully saturated rings. The summed E-state index contributed by atoms with van der Waals surface area (Å²) in [5.74, 6) is 1.17. The average Bonchev–Trinajstić information content (AvgIpc) is 3.45. The van der Waals surface area contributed by atoms with Crippen LogP contribution in [0.25, 0.3) is 6.08 Å². The number of methoxy groups -OCH3 is 1. The summed E-state index contributed by atoms with van der Waals surface area (Å²) in [6.45, 7) is 4.29. The molecule has 0 radical (unpaired) electrons. The van der Waals surface area contributed by atoms with Gasteiger partial charge in [-0.05, 0) is 62.2 Å².